The zero-order chi connectivity index (χ0) is 29.1. The average Bonchev–Trinajstić information content (AvgIpc) is 3.37. The van der Waals surface area contributed by atoms with Gasteiger partial charge in [-0.2, -0.15) is 0 Å². The first kappa shape index (κ1) is 28.9. The molecular weight excluding hydrogens is 577 g/mol. The normalized spacial score (nSPS) is 13.4. The molecule has 0 radical (unpaired) electrons. The zero-order valence-electron chi connectivity index (χ0n) is 23.1. The lowest BCUT2D eigenvalue weighted by Gasteiger charge is -2.36. The number of aromatic nitrogens is 1. The molecule has 2 heterocycles. The van der Waals surface area contributed by atoms with Gasteiger partial charge in [-0.25, -0.2) is 9.78 Å². The fourth-order valence-corrected chi connectivity index (χ4v) is 6.13. The molecule has 2 N–H and O–H groups in total. The molecule has 0 saturated carbocycles. The third-order valence-corrected chi connectivity index (χ3v) is 8.69. The first-order valence-corrected chi connectivity index (χ1v) is 15.0. The summed E-state index contributed by atoms with van der Waals surface area (Å²) >= 11 is 13.9. The molecular formula is C31H31Cl2N5O2S. The molecule has 3 aromatic carbocycles. The molecule has 1 aromatic heterocycles. The Morgan fingerprint density at radius 3 is 2.12 bits per heavy atom. The summed E-state index contributed by atoms with van der Waals surface area (Å²) in [5, 5.41) is 7.47. The van der Waals surface area contributed by atoms with Crippen LogP contribution in [-0.2, 0) is 0 Å². The number of para-hydroxylation sites is 1. The van der Waals surface area contributed by atoms with Gasteiger partial charge >= 0.3 is 6.03 Å². The molecule has 3 amide bonds. The van der Waals surface area contributed by atoms with Crippen molar-refractivity contribution in [3.05, 3.63) is 93.0 Å². The second-order valence-electron chi connectivity index (χ2n) is 10.2. The first-order valence-electron chi connectivity index (χ1n) is 13.4. The molecule has 7 nitrogen and oxygen atoms in total. The summed E-state index contributed by atoms with van der Waals surface area (Å²) in [5.74, 6) is 0.212. The highest BCUT2D eigenvalue weighted by atomic mass is 35.5. The fraction of sp³-hybridized carbons (Fsp3) is 0.258. The summed E-state index contributed by atoms with van der Waals surface area (Å²) in [4.78, 5) is 35.3. The van der Waals surface area contributed by atoms with Gasteiger partial charge in [0.05, 0.1) is 25.6 Å². The van der Waals surface area contributed by atoms with Crippen molar-refractivity contribution in [3.63, 3.8) is 0 Å². The summed E-state index contributed by atoms with van der Waals surface area (Å²) in [6, 6.07) is 21.0. The molecule has 1 fully saturated rings. The minimum Gasteiger partial charge on any atom is -0.368 e. The number of hydrogen-bond acceptors (Lipinski definition) is 5. The van der Waals surface area contributed by atoms with Gasteiger partial charge in [0.25, 0.3) is 5.91 Å². The predicted octanol–water partition coefficient (Wildman–Crippen LogP) is 8.16. The Morgan fingerprint density at radius 1 is 0.878 bits per heavy atom. The smallest absolute Gasteiger partial charge is 0.322 e. The van der Waals surface area contributed by atoms with E-state index in [-0.39, 0.29) is 11.9 Å². The summed E-state index contributed by atoms with van der Waals surface area (Å²) in [7, 11) is 0. The standard InChI is InChI=1S/C31H31Cl2N5O2S/c1-19(2)21-7-9-22(10-8-21)29-28(34-20(3)41-29)30(39)35-23-11-13-24(14-12-23)37-15-17-38(18-16-37)31(40)36-27-25(32)5-4-6-26(27)33/h4-14,19H,15-18H2,1-3H3,(H,35,39)(H,36,40). The van der Waals surface area contributed by atoms with Crippen LogP contribution in [0.5, 0.6) is 0 Å². The van der Waals surface area contributed by atoms with Crippen molar-refractivity contribution >= 4 is 63.5 Å². The number of nitrogens with zero attached hydrogens (tertiary/aromatic N) is 3. The Labute approximate surface area is 254 Å². The summed E-state index contributed by atoms with van der Waals surface area (Å²) < 4.78 is 0. The second kappa shape index (κ2) is 12.5. The van der Waals surface area contributed by atoms with Crippen LogP contribution in [0.25, 0.3) is 10.4 Å². The Kier molecular flexibility index (Phi) is 8.82. The van der Waals surface area contributed by atoms with Gasteiger partial charge in [-0.05, 0) is 60.4 Å². The lowest BCUT2D eigenvalue weighted by Crippen LogP contribution is -2.50. The molecule has 1 saturated heterocycles. The quantitative estimate of drug-likeness (QED) is 0.232. The second-order valence-corrected chi connectivity index (χ2v) is 12.2. The minimum atomic E-state index is -0.233. The van der Waals surface area contributed by atoms with Crippen LogP contribution >= 0.6 is 34.5 Å². The van der Waals surface area contributed by atoms with Crippen molar-refractivity contribution in [1.82, 2.24) is 9.88 Å². The summed E-state index contributed by atoms with van der Waals surface area (Å²) in [6.07, 6.45) is 0. The van der Waals surface area contributed by atoms with Gasteiger partial charge in [0.2, 0.25) is 0 Å². The van der Waals surface area contributed by atoms with Crippen LogP contribution in [0.3, 0.4) is 0 Å². The Bertz CT molecular complexity index is 1530. The lowest BCUT2D eigenvalue weighted by molar-refractivity contribution is 0.102. The van der Waals surface area contributed by atoms with Gasteiger partial charge in [-0.15, -0.1) is 11.3 Å². The molecule has 10 heteroatoms. The van der Waals surface area contributed by atoms with Gasteiger partial charge < -0.3 is 20.4 Å². The zero-order valence-corrected chi connectivity index (χ0v) is 25.4. The van der Waals surface area contributed by atoms with E-state index in [2.05, 4.69) is 58.6 Å². The molecule has 0 spiro atoms. The van der Waals surface area contributed by atoms with Crippen LogP contribution in [-0.4, -0.2) is 48.0 Å². The Balaban J connectivity index is 1.19. The monoisotopic (exact) mass is 607 g/mol. The summed E-state index contributed by atoms with van der Waals surface area (Å²) in [5.41, 5.74) is 4.81. The van der Waals surface area contributed by atoms with E-state index in [1.165, 1.54) is 16.9 Å². The topological polar surface area (TPSA) is 77.6 Å². The van der Waals surface area contributed by atoms with Crippen molar-refractivity contribution in [2.24, 2.45) is 0 Å². The van der Waals surface area contributed by atoms with Gasteiger partial charge in [0, 0.05) is 37.6 Å². The van der Waals surface area contributed by atoms with E-state index in [0.29, 0.717) is 59.2 Å². The number of carbonyl (C=O) groups excluding carboxylic acids is 2. The van der Waals surface area contributed by atoms with E-state index >= 15 is 0 Å². The fourth-order valence-electron chi connectivity index (χ4n) is 4.71. The largest absolute Gasteiger partial charge is 0.368 e. The van der Waals surface area contributed by atoms with Gasteiger partial charge in [-0.3, -0.25) is 4.79 Å². The number of piperazine rings is 1. The maximum Gasteiger partial charge on any atom is 0.322 e. The number of hydrogen-bond donors (Lipinski definition) is 2. The summed E-state index contributed by atoms with van der Waals surface area (Å²) in [6.45, 7) is 8.69. The van der Waals surface area contributed by atoms with Crippen LogP contribution < -0.4 is 15.5 Å². The molecule has 0 aliphatic carbocycles. The van der Waals surface area contributed by atoms with Crippen LogP contribution in [0, 0.1) is 6.92 Å². The molecule has 1 aliphatic heterocycles. The van der Waals surface area contributed by atoms with Crippen molar-refractivity contribution in [3.8, 4) is 10.4 Å². The molecule has 0 unspecified atom stereocenters. The number of thiazole rings is 1. The van der Waals surface area contributed by atoms with E-state index in [1.807, 2.05) is 31.2 Å². The van der Waals surface area contributed by atoms with Crippen LogP contribution in [0.2, 0.25) is 10.0 Å². The van der Waals surface area contributed by atoms with Crippen molar-refractivity contribution in [1.29, 1.82) is 0 Å². The third kappa shape index (κ3) is 6.67. The number of urea groups is 1. The first-order chi connectivity index (χ1) is 19.7. The highest BCUT2D eigenvalue weighted by Crippen LogP contribution is 2.33. The lowest BCUT2D eigenvalue weighted by atomic mass is 10.0. The van der Waals surface area contributed by atoms with E-state index in [9.17, 15) is 9.59 Å². The number of carbonyl (C=O) groups is 2. The highest BCUT2D eigenvalue weighted by Gasteiger charge is 2.23. The number of halogens is 2. The van der Waals surface area contributed by atoms with E-state index in [1.54, 1.807) is 23.1 Å². The molecule has 0 bridgehead atoms. The Morgan fingerprint density at radius 2 is 1.51 bits per heavy atom. The van der Waals surface area contributed by atoms with E-state index in [0.717, 1.165) is 21.1 Å². The van der Waals surface area contributed by atoms with Crippen molar-refractivity contribution < 1.29 is 9.59 Å². The maximum atomic E-state index is 13.2. The minimum absolute atomic E-state index is 0.231. The number of benzene rings is 3. The molecule has 41 heavy (non-hydrogen) atoms. The van der Waals surface area contributed by atoms with Crippen molar-refractivity contribution in [2.75, 3.05) is 41.7 Å². The number of rotatable bonds is 6. The number of nitrogens with one attached hydrogen (secondary N) is 2. The van der Waals surface area contributed by atoms with Crippen LogP contribution in [0.15, 0.2) is 66.7 Å². The third-order valence-electron chi connectivity index (χ3n) is 7.04. The van der Waals surface area contributed by atoms with Crippen LogP contribution in [0.4, 0.5) is 21.9 Å². The number of anilines is 3. The van der Waals surface area contributed by atoms with Gasteiger partial charge in [0.15, 0.2) is 0 Å². The van der Waals surface area contributed by atoms with Gasteiger partial charge in [0.1, 0.15) is 5.69 Å². The SMILES string of the molecule is Cc1nc(C(=O)Nc2ccc(N3CCN(C(=O)Nc4c(Cl)cccc4Cl)CC3)cc2)c(-c2ccc(C(C)C)cc2)s1. The molecule has 4 aromatic rings. The molecule has 212 valence electrons. The molecule has 5 rings (SSSR count). The van der Waals surface area contributed by atoms with E-state index < -0.39 is 0 Å². The van der Waals surface area contributed by atoms with Crippen LogP contribution in [0.1, 0.15) is 40.8 Å². The molecule has 1 aliphatic rings. The molecule has 0 atom stereocenters. The number of amides is 3. The average molecular weight is 609 g/mol. The number of aryl methyl sites for hydroxylation is 1. The highest BCUT2D eigenvalue weighted by molar-refractivity contribution is 7.15. The van der Waals surface area contributed by atoms with Gasteiger partial charge in [-0.1, -0.05) is 67.4 Å². The predicted molar refractivity (Wildman–Crippen MR) is 170 cm³/mol. The Hall–Kier alpha value is -3.59. The van der Waals surface area contributed by atoms with Crippen molar-refractivity contribution in [2.45, 2.75) is 26.7 Å². The van der Waals surface area contributed by atoms with E-state index in [4.69, 9.17) is 23.2 Å². The maximum absolute atomic E-state index is 13.2.